The summed E-state index contributed by atoms with van der Waals surface area (Å²) in [6, 6.07) is 0.559. The average molecular weight is 316 g/mol. The van der Waals surface area contributed by atoms with Gasteiger partial charge in [0.2, 0.25) is 0 Å². The number of hydrogen-bond donors (Lipinski definition) is 1. The first-order chi connectivity index (χ1) is 8.66. The molecule has 1 N–H and O–H groups in total. The van der Waals surface area contributed by atoms with E-state index in [-0.39, 0.29) is 6.10 Å². The van der Waals surface area contributed by atoms with Crippen molar-refractivity contribution in [3.05, 3.63) is 16.4 Å². The van der Waals surface area contributed by atoms with Crippen molar-refractivity contribution in [3.8, 4) is 0 Å². The van der Waals surface area contributed by atoms with E-state index < -0.39 is 6.10 Å². The van der Waals surface area contributed by atoms with Crippen LogP contribution in [0, 0.1) is 0 Å². The highest BCUT2D eigenvalue weighted by Crippen LogP contribution is 2.31. The van der Waals surface area contributed by atoms with Crippen molar-refractivity contribution < 1.29 is 9.84 Å². The maximum atomic E-state index is 10.5. The molecule has 3 atom stereocenters. The molecule has 2 saturated heterocycles. The van der Waals surface area contributed by atoms with Crippen LogP contribution in [0.25, 0.3) is 0 Å². The zero-order chi connectivity index (χ0) is 12.7. The Labute approximate surface area is 115 Å². The summed E-state index contributed by atoms with van der Waals surface area (Å²) in [5.41, 5.74) is 0.789. The molecule has 3 unspecified atom stereocenters. The minimum absolute atomic E-state index is 0.161. The van der Waals surface area contributed by atoms with Crippen molar-refractivity contribution in [2.45, 2.75) is 31.1 Å². The molecule has 2 fully saturated rings. The summed E-state index contributed by atoms with van der Waals surface area (Å²) in [5.74, 6) is 0. The van der Waals surface area contributed by atoms with E-state index in [1.807, 2.05) is 7.05 Å². The number of aryl methyl sites for hydroxylation is 1. The third-order valence-electron chi connectivity index (χ3n) is 3.99. The smallest absolute Gasteiger partial charge is 0.124 e. The molecule has 1 aromatic heterocycles. The standard InChI is InChI=1S/C12H18BrN3O2/c1-15-11(9(13)5-14-15)12(17)10-6-16-4-2-3-8(16)7-18-10/h5,8,10,12,17H,2-4,6-7H2,1H3. The summed E-state index contributed by atoms with van der Waals surface area (Å²) in [6.45, 7) is 2.67. The van der Waals surface area contributed by atoms with Gasteiger partial charge in [-0.15, -0.1) is 0 Å². The fourth-order valence-corrected chi connectivity index (χ4v) is 3.55. The Morgan fingerprint density at radius 2 is 2.44 bits per heavy atom. The fraction of sp³-hybridized carbons (Fsp3) is 0.750. The van der Waals surface area contributed by atoms with Gasteiger partial charge in [-0.3, -0.25) is 9.58 Å². The summed E-state index contributed by atoms with van der Waals surface area (Å²) in [5, 5.41) is 14.6. The number of nitrogens with zero attached hydrogens (tertiary/aromatic N) is 3. The van der Waals surface area contributed by atoms with E-state index in [1.165, 1.54) is 12.8 Å². The number of ether oxygens (including phenoxy) is 1. The van der Waals surface area contributed by atoms with Crippen molar-refractivity contribution in [1.82, 2.24) is 14.7 Å². The Morgan fingerprint density at radius 1 is 1.61 bits per heavy atom. The van der Waals surface area contributed by atoms with Crippen LogP contribution in [-0.4, -0.2) is 51.6 Å². The van der Waals surface area contributed by atoms with E-state index >= 15 is 0 Å². The lowest BCUT2D eigenvalue weighted by Gasteiger charge is -2.37. The second kappa shape index (κ2) is 4.92. The Morgan fingerprint density at radius 3 is 3.17 bits per heavy atom. The highest BCUT2D eigenvalue weighted by Gasteiger charge is 2.37. The monoisotopic (exact) mass is 315 g/mol. The SMILES string of the molecule is Cn1ncc(Br)c1C(O)C1CN2CCCC2CO1. The maximum Gasteiger partial charge on any atom is 0.124 e. The summed E-state index contributed by atoms with van der Waals surface area (Å²) < 4.78 is 8.37. The van der Waals surface area contributed by atoms with Gasteiger partial charge in [-0.05, 0) is 35.3 Å². The van der Waals surface area contributed by atoms with Gasteiger partial charge in [-0.2, -0.15) is 5.10 Å². The Hall–Kier alpha value is -0.430. The molecule has 0 aromatic carbocycles. The molecule has 0 saturated carbocycles. The summed E-state index contributed by atoms with van der Waals surface area (Å²) >= 11 is 3.43. The number of aliphatic hydroxyl groups is 1. The van der Waals surface area contributed by atoms with Gasteiger partial charge in [0.15, 0.2) is 0 Å². The molecule has 0 spiro atoms. The molecule has 0 amide bonds. The molecule has 2 aliphatic heterocycles. The molecule has 0 radical (unpaired) electrons. The van der Waals surface area contributed by atoms with Crippen molar-refractivity contribution in [1.29, 1.82) is 0 Å². The number of rotatable bonds is 2. The zero-order valence-electron chi connectivity index (χ0n) is 10.4. The number of morpholine rings is 1. The minimum atomic E-state index is -0.631. The van der Waals surface area contributed by atoms with Crippen LogP contribution >= 0.6 is 15.9 Å². The first-order valence-corrected chi connectivity index (χ1v) is 7.17. The molecule has 3 rings (SSSR count). The molecule has 3 heterocycles. The van der Waals surface area contributed by atoms with Gasteiger partial charge >= 0.3 is 0 Å². The average Bonchev–Trinajstić information content (AvgIpc) is 2.94. The third-order valence-corrected chi connectivity index (χ3v) is 4.60. The van der Waals surface area contributed by atoms with Crippen molar-refractivity contribution >= 4 is 15.9 Å². The van der Waals surface area contributed by atoms with E-state index in [2.05, 4.69) is 25.9 Å². The second-order valence-corrected chi connectivity index (χ2v) is 5.96. The first kappa shape index (κ1) is 12.6. The first-order valence-electron chi connectivity index (χ1n) is 6.38. The molecule has 6 heteroatoms. The third kappa shape index (κ3) is 2.11. The normalized spacial score (nSPS) is 30.4. The Bertz CT molecular complexity index is 417. The lowest BCUT2D eigenvalue weighted by atomic mass is 10.1. The van der Waals surface area contributed by atoms with Gasteiger partial charge < -0.3 is 9.84 Å². The van der Waals surface area contributed by atoms with Crippen molar-refractivity contribution in [2.24, 2.45) is 7.05 Å². The van der Waals surface area contributed by atoms with Crippen LogP contribution < -0.4 is 0 Å². The van der Waals surface area contributed by atoms with E-state index in [1.54, 1.807) is 10.9 Å². The molecule has 100 valence electrons. The summed E-state index contributed by atoms with van der Waals surface area (Å²) in [6.07, 6.45) is 3.38. The van der Waals surface area contributed by atoms with Gasteiger partial charge in [0, 0.05) is 19.6 Å². The topological polar surface area (TPSA) is 50.5 Å². The lowest BCUT2D eigenvalue weighted by Crippen LogP contribution is -2.48. The predicted octanol–water partition coefficient (Wildman–Crippen LogP) is 1.08. The highest BCUT2D eigenvalue weighted by molar-refractivity contribution is 9.10. The summed E-state index contributed by atoms with van der Waals surface area (Å²) in [7, 11) is 1.84. The molecule has 1 aromatic rings. The van der Waals surface area contributed by atoms with E-state index in [4.69, 9.17) is 4.74 Å². The molecule has 0 aliphatic carbocycles. The minimum Gasteiger partial charge on any atom is -0.384 e. The second-order valence-electron chi connectivity index (χ2n) is 5.11. The highest BCUT2D eigenvalue weighted by atomic mass is 79.9. The Kier molecular flexibility index (Phi) is 3.44. The van der Waals surface area contributed by atoms with Crippen LogP contribution in [0.4, 0.5) is 0 Å². The van der Waals surface area contributed by atoms with Crippen molar-refractivity contribution in [3.63, 3.8) is 0 Å². The molecule has 18 heavy (non-hydrogen) atoms. The van der Waals surface area contributed by atoms with Crippen LogP contribution in [0.5, 0.6) is 0 Å². The molecular weight excluding hydrogens is 298 g/mol. The van der Waals surface area contributed by atoms with Gasteiger partial charge in [0.05, 0.1) is 23.0 Å². The van der Waals surface area contributed by atoms with Gasteiger partial charge in [-0.25, -0.2) is 0 Å². The maximum absolute atomic E-state index is 10.5. The quantitative estimate of drug-likeness (QED) is 0.887. The number of aromatic nitrogens is 2. The van der Waals surface area contributed by atoms with Gasteiger partial charge in [0.25, 0.3) is 0 Å². The molecule has 0 bridgehead atoms. The van der Waals surface area contributed by atoms with Crippen LogP contribution in [0.3, 0.4) is 0 Å². The molecular formula is C12H18BrN3O2. The van der Waals surface area contributed by atoms with E-state index in [0.29, 0.717) is 6.04 Å². The van der Waals surface area contributed by atoms with Crippen LogP contribution in [0.1, 0.15) is 24.6 Å². The van der Waals surface area contributed by atoms with Crippen LogP contribution in [0.2, 0.25) is 0 Å². The number of aliphatic hydroxyl groups excluding tert-OH is 1. The van der Waals surface area contributed by atoms with Crippen molar-refractivity contribution in [2.75, 3.05) is 19.7 Å². The van der Waals surface area contributed by atoms with Crippen LogP contribution in [-0.2, 0) is 11.8 Å². The molecule has 2 aliphatic rings. The fourth-order valence-electron chi connectivity index (χ4n) is 2.96. The number of fused-ring (bicyclic) bond motifs is 1. The predicted molar refractivity (Wildman–Crippen MR) is 70.2 cm³/mol. The lowest BCUT2D eigenvalue weighted by molar-refractivity contribution is -0.105. The largest absolute Gasteiger partial charge is 0.384 e. The van der Waals surface area contributed by atoms with Gasteiger partial charge in [0.1, 0.15) is 12.2 Å². The Balaban J connectivity index is 1.75. The molecule has 5 nitrogen and oxygen atoms in total. The van der Waals surface area contributed by atoms with Gasteiger partial charge in [-0.1, -0.05) is 0 Å². The van der Waals surface area contributed by atoms with E-state index in [9.17, 15) is 5.11 Å². The zero-order valence-corrected chi connectivity index (χ0v) is 12.0. The summed E-state index contributed by atoms with van der Waals surface area (Å²) in [4.78, 5) is 2.43. The number of halogens is 1. The van der Waals surface area contributed by atoms with E-state index in [0.717, 1.165) is 29.9 Å². The van der Waals surface area contributed by atoms with Crippen LogP contribution in [0.15, 0.2) is 10.7 Å². The number of hydrogen-bond acceptors (Lipinski definition) is 4.